The summed E-state index contributed by atoms with van der Waals surface area (Å²) in [7, 11) is 1.54. The van der Waals surface area contributed by atoms with E-state index in [9.17, 15) is 14.9 Å². The fourth-order valence-electron chi connectivity index (χ4n) is 4.49. The van der Waals surface area contributed by atoms with Gasteiger partial charge in [-0.3, -0.25) is 20.2 Å². The lowest BCUT2D eigenvalue weighted by Crippen LogP contribution is -2.54. The molecule has 1 amide bonds. The highest BCUT2D eigenvalue weighted by Crippen LogP contribution is 2.51. The average molecular weight is 432 g/mol. The number of benzene rings is 2. The lowest BCUT2D eigenvalue weighted by Gasteiger charge is -2.26. The number of nitro groups is 1. The second-order valence-electron chi connectivity index (χ2n) is 6.88. The Hall–Kier alpha value is -2.45. The van der Waals surface area contributed by atoms with Crippen molar-refractivity contribution in [1.82, 2.24) is 5.32 Å². The van der Waals surface area contributed by atoms with Gasteiger partial charge in [0, 0.05) is 32.3 Å². The molecule has 8 heteroatoms. The van der Waals surface area contributed by atoms with Gasteiger partial charge in [-0.25, -0.2) is 0 Å². The first kappa shape index (κ1) is 17.9. The molecule has 0 saturated carbocycles. The average Bonchev–Trinajstić information content (AvgIpc) is 3.10. The van der Waals surface area contributed by atoms with E-state index in [2.05, 4.69) is 26.6 Å². The zero-order chi connectivity index (χ0) is 19.3. The molecule has 2 aromatic rings. The largest absolute Gasteiger partial charge is 0.496 e. The Bertz CT molecular complexity index is 950. The van der Waals surface area contributed by atoms with Crippen LogP contribution in [0.2, 0.25) is 0 Å². The molecule has 0 bridgehead atoms. The van der Waals surface area contributed by atoms with Gasteiger partial charge in [0.15, 0.2) is 5.54 Å². The van der Waals surface area contributed by atoms with Gasteiger partial charge in [0.1, 0.15) is 5.75 Å². The van der Waals surface area contributed by atoms with E-state index in [1.165, 1.54) is 7.11 Å². The predicted octanol–water partition coefficient (Wildman–Crippen LogP) is 3.03. The van der Waals surface area contributed by atoms with Gasteiger partial charge in [0.05, 0.1) is 13.0 Å². The van der Waals surface area contributed by atoms with E-state index < -0.39 is 23.4 Å². The summed E-state index contributed by atoms with van der Waals surface area (Å²) in [6.07, 6.45) is 0. The van der Waals surface area contributed by atoms with E-state index in [1.807, 2.05) is 19.1 Å². The van der Waals surface area contributed by atoms with E-state index in [0.29, 0.717) is 22.6 Å². The zero-order valence-corrected chi connectivity index (χ0v) is 16.3. The molecule has 2 heterocycles. The highest BCUT2D eigenvalue weighted by Gasteiger charge is 2.67. The van der Waals surface area contributed by atoms with Gasteiger partial charge < -0.3 is 10.1 Å². The van der Waals surface area contributed by atoms with Crippen LogP contribution in [-0.4, -0.2) is 30.0 Å². The Morgan fingerprint density at radius 2 is 2.00 bits per heavy atom. The molecular weight excluding hydrogens is 414 g/mol. The van der Waals surface area contributed by atoms with Crippen molar-refractivity contribution < 1.29 is 14.5 Å². The molecule has 1 saturated heterocycles. The monoisotopic (exact) mass is 431 g/mol. The molecule has 2 aliphatic rings. The molecule has 2 N–H and O–H groups in total. The number of nitrogens with one attached hydrogen (secondary N) is 2. The number of ether oxygens (including phenoxy) is 1. The first-order chi connectivity index (χ1) is 12.9. The number of para-hydroxylation sites is 1. The van der Waals surface area contributed by atoms with Crippen LogP contribution in [0.25, 0.3) is 0 Å². The van der Waals surface area contributed by atoms with Gasteiger partial charge in [-0.05, 0) is 31.2 Å². The van der Waals surface area contributed by atoms with Crippen molar-refractivity contribution in [3.05, 3.63) is 68.2 Å². The number of carbonyl (C=O) groups excluding carboxylic acids is 1. The van der Waals surface area contributed by atoms with Gasteiger partial charge in [-0.1, -0.05) is 34.1 Å². The smallest absolute Gasteiger partial charge is 0.256 e. The number of hydrogen-bond acceptors (Lipinski definition) is 5. The summed E-state index contributed by atoms with van der Waals surface area (Å²) in [5.74, 6) is -0.384. The summed E-state index contributed by atoms with van der Waals surface area (Å²) in [4.78, 5) is 24.9. The van der Waals surface area contributed by atoms with Gasteiger partial charge in [0.2, 0.25) is 0 Å². The van der Waals surface area contributed by atoms with Crippen LogP contribution in [0.5, 0.6) is 5.75 Å². The molecule has 2 aromatic carbocycles. The summed E-state index contributed by atoms with van der Waals surface area (Å²) in [6, 6.07) is 11.0. The summed E-state index contributed by atoms with van der Waals surface area (Å²) < 4.78 is 6.26. The number of halogens is 1. The molecule has 0 aliphatic carbocycles. The fourth-order valence-corrected chi connectivity index (χ4v) is 4.87. The van der Waals surface area contributed by atoms with Crippen LogP contribution in [0.1, 0.15) is 24.0 Å². The van der Waals surface area contributed by atoms with Crippen LogP contribution in [0, 0.1) is 10.1 Å². The molecule has 1 spiro atoms. The Morgan fingerprint density at radius 3 is 2.70 bits per heavy atom. The van der Waals surface area contributed by atoms with E-state index in [0.717, 1.165) is 4.47 Å². The number of methoxy groups -OCH3 is 1. The third-order valence-corrected chi connectivity index (χ3v) is 6.01. The third kappa shape index (κ3) is 2.47. The Kier molecular flexibility index (Phi) is 4.20. The van der Waals surface area contributed by atoms with E-state index in [-0.39, 0.29) is 11.0 Å². The number of hydrogen-bond donors (Lipinski definition) is 2. The van der Waals surface area contributed by atoms with E-state index >= 15 is 0 Å². The van der Waals surface area contributed by atoms with Crippen molar-refractivity contribution in [3.63, 3.8) is 0 Å². The normalized spacial score (nSPS) is 28.9. The minimum atomic E-state index is -1.42. The summed E-state index contributed by atoms with van der Waals surface area (Å²) in [5.41, 5.74) is 0.496. The molecule has 1 fully saturated rings. The van der Waals surface area contributed by atoms with Crippen LogP contribution in [0.3, 0.4) is 0 Å². The molecule has 2 aliphatic heterocycles. The summed E-state index contributed by atoms with van der Waals surface area (Å²) >= 11 is 3.44. The highest BCUT2D eigenvalue weighted by atomic mass is 79.9. The molecule has 27 heavy (non-hydrogen) atoms. The Labute approximate surface area is 164 Å². The quantitative estimate of drug-likeness (QED) is 0.575. The number of carbonyl (C=O) groups is 1. The van der Waals surface area contributed by atoms with Crippen molar-refractivity contribution in [2.75, 3.05) is 12.4 Å². The first-order valence-electron chi connectivity index (χ1n) is 8.55. The number of fused-ring (bicyclic) bond motifs is 2. The summed E-state index contributed by atoms with van der Waals surface area (Å²) in [5, 5.41) is 18.3. The van der Waals surface area contributed by atoms with Gasteiger partial charge in [-0.15, -0.1) is 0 Å². The molecule has 140 valence electrons. The van der Waals surface area contributed by atoms with E-state index in [1.54, 1.807) is 30.3 Å². The minimum Gasteiger partial charge on any atom is -0.496 e. The number of nitrogens with zero attached hydrogens (tertiary/aromatic N) is 1. The van der Waals surface area contributed by atoms with Crippen LogP contribution in [0.15, 0.2) is 46.9 Å². The van der Waals surface area contributed by atoms with Crippen LogP contribution in [0.4, 0.5) is 5.69 Å². The SMILES string of the molecule is COc1ccc(Br)cc1[C@@H]1[C@H](C)N[C@]2(C(=O)Nc3ccccc32)[C@H]1[N+](=O)[O-]. The third-order valence-electron chi connectivity index (χ3n) is 5.51. The molecule has 4 rings (SSSR count). The number of amides is 1. The first-order valence-corrected chi connectivity index (χ1v) is 9.35. The topological polar surface area (TPSA) is 93.5 Å². The molecule has 0 aromatic heterocycles. The van der Waals surface area contributed by atoms with Gasteiger partial charge in [0.25, 0.3) is 11.9 Å². The maximum atomic E-state index is 13.0. The minimum absolute atomic E-state index is 0.319. The fraction of sp³-hybridized carbons (Fsp3) is 0.316. The molecular formula is C19H18BrN3O4. The van der Waals surface area contributed by atoms with Crippen LogP contribution < -0.4 is 15.4 Å². The van der Waals surface area contributed by atoms with Gasteiger partial charge >= 0.3 is 0 Å². The number of rotatable bonds is 3. The maximum absolute atomic E-state index is 13.0. The second kappa shape index (κ2) is 6.31. The van der Waals surface area contributed by atoms with Crippen molar-refractivity contribution in [3.8, 4) is 5.75 Å². The zero-order valence-electron chi connectivity index (χ0n) is 14.7. The molecule has 0 unspecified atom stereocenters. The molecule has 4 atom stereocenters. The highest BCUT2D eigenvalue weighted by molar-refractivity contribution is 9.10. The predicted molar refractivity (Wildman–Crippen MR) is 104 cm³/mol. The van der Waals surface area contributed by atoms with Crippen molar-refractivity contribution in [2.45, 2.75) is 30.5 Å². The van der Waals surface area contributed by atoms with Crippen molar-refractivity contribution in [1.29, 1.82) is 0 Å². The van der Waals surface area contributed by atoms with Crippen molar-refractivity contribution in [2.24, 2.45) is 0 Å². The second-order valence-corrected chi connectivity index (χ2v) is 7.80. The van der Waals surface area contributed by atoms with E-state index in [4.69, 9.17) is 4.74 Å². The van der Waals surface area contributed by atoms with Crippen LogP contribution >= 0.6 is 15.9 Å². The molecule has 7 nitrogen and oxygen atoms in total. The standard InChI is InChI=1S/C19H18BrN3O4/c1-10-16(12-9-11(20)7-8-15(12)27-2)17(23(25)26)19(22-10)13-5-3-4-6-14(13)21-18(19)24/h3-10,16-17,22H,1-2H3,(H,21,24)/t10-,16-,17-,19-/m0/s1. The Balaban J connectivity index is 1.93. The lowest BCUT2D eigenvalue weighted by molar-refractivity contribution is -0.532. The lowest BCUT2D eigenvalue weighted by atomic mass is 9.78. The van der Waals surface area contributed by atoms with Crippen LogP contribution in [-0.2, 0) is 10.3 Å². The van der Waals surface area contributed by atoms with Gasteiger partial charge in [-0.2, -0.15) is 0 Å². The Morgan fingerprint density at radius 1 is 1.26 bits per heavy atom. The maximum Gasteiger partial charge on any atom is 0.256 e. The summed E-state index contributed by atoms with van der Waals surface area (Å²) in [6.45, 7) is 1.87. The van der Waals surface area contributed by atoms with Crippen molar-refractivity contribution >= 4 is 27.5 Å². The number of anilines is 1. The molecule has 0 radical (unpaired) electrons.